The molecule has 190 valence electrons. The molecular weight excluding hydrogens is 464 g/mol. The quantitative estimate of drug-likeness (QED) is 0.223. The second-order valence-electron chi connectivity index (χ2n) is 8.89. The van der Waals surface area contributed by atoms with Crippen molar-refractivity contribution in [2.24, 2.45) is 11.0 Å². The molecule has 36 heavy (non-hydrogen) atoms. The number of hydrazone groups is 1. The van der Waals surface area contributed by atoms with Gasteiger partial charge in [-0.25, -0.2) is 10.2 Å². The average Bonchev–Trinajstić information content (AvgIpc) is 3.24. The Balaban J connectivity index is 1.76. The number of nitrogens with one attached hydrogen (secondary N) is 3. The zero-order valence-corrected chi connectivity index (χ0v) is 20.6. The second-order valence-corrected chi connectivity index (χ2v) is 8.89. The van der Waals surface area contributed by atoms with Gasteiger partial charge in [0.15, 0.2) is 0 Å². The Morgan fingerprint density at radius 3 is 2.67 bits per heavy atom. The summed E-state index contributed by atoms with van der Waals surface area (Å²) >= 11 is 0. The number of aromatic amines is 1. The monoisotopic (exact) mass is 494 g/mol. The maximum absolute atomic E-state index is 13.0. The van der Waals surface area contributed by atoms with Gasteiger partial charge in [-0.15, -0.1) is 0 Å². The fourth-order valence-electron chi connectivity index (χ4n) is 3.55. The van der Waals surface area contributed by atoms with Crippen LogP contribution in [-0.2, 0) is 16.0 Å². The first-order valence-electron chi connectivity index (χ1n) is 11.4. The number of hydrogen-bond acceptors (Lipinski definition) is 7. The van der Waals surface area contributed by atoms with Crippen LogP contribution >= 0.6 is 0 Å². The number of anilines is 1. The van der Waals surface area contributed by atoms with Crippen LogP contribution in [-0.4, -0.2) is 54.9 Å². The number of carbonyl (C=O) groups is 2. The van der Waals surface area contributed by atoms with Gasteiger partial charge in [-0.05, 0) is 23.6 Å². The lowest BCUT2D eigenvalue weighted by Gasteiger charge is -2.17. The van der Waals surface area contributed by atoms with Gasteiger partial charge in [0.1, 0.15) is 11.7 Å². The van der Waals surface area contributed by atoms with E-state index in [9.17, 15) is 19.7 Å². The summed E-state index contributed by atoms with van der Waals surface area (Å²) < 4.78 is 5.19. The van der Waals surface area contributed by atoms with Crippen molar-refractivity contribution in [3.05, 3.63) is 69.9 Å². The van der Waals surface area contributed by atoms with E-state index in [4.69, 9.17) is 4.74 Å². The standard InChI is InChI=1S/C25H30N6O5/c1-16(2)15-36-25(33)28-21(12-18-14-26-20-8-6-5-7-19(18)20)24(32)29-27-13-17-9-10-22(30(3)4)23(11-17)31(34)35/h5-11,13-14,16,21,26H,12,15H2,1-4H3,(H,28,33)(H,29,32)/b27-13-/t21-/m1/s1. The van der Waals surface area contributed by atoms with Crippen LogP contribution < -0.4 is 15.6 Å². The van der Waals surface area contributed by atoms with E-state index >= 15 is 0 Å². The molecule has 2 aromatic carbocycles. The lowest BCUT2D eigenvalue weighted by Crippen LogP contribution is -2.47. The Hall–Kier alpha value is -4.41. The molecule has 2 amide bonds. The average molecular weight is 495 g/mol. The van der Waals surface area contributed by atoms with Crippen LogP contribution in [0.2, 0.25) is 0 Å². The molecule has 1 atom stereocenters. The van der Waals surface area contributed by atoms with Crippen molar-refractivity contribution in [2.75, 3.05) is 25.6 Å². The summed E-state index contributed by atoms with van der Waals surface area (Å²) in [6.07, 6.45) is 2.60. The summed E-state index contributed by atoms with van der Waals surface area (Å²) in [4.78, 5) is 41.0. The fourth-order valence-corrected chi connectivity index (χ4v) is 3.55. The van der Waals surface area contributed by atoms with Gasteiger partial charge in [-0.3, -0.25) is 14.9 Å². The molecule has 0 aliphatic heterocycles. The van der Waals surface area contributed by atoms with Crippen LogP contribution in [0.4, 0.5) is 16.2 Å². The molecule has 1 heterocycles. The number of para-hydroxylation sites is 1. The van der Waals surface area contributed by atoms with E-state index < -0.39 is 23.0 Å². The minimum absolute atomic E-state index is 0.0814. The number of aromatic nitrogens is 1. The third-order valence-electron chi connectivity index (χ3n) is 5.32. The molecule has 0 saturated heterocycles. The Morgan fingerprint density at radius 2 is 1.97 bits per heavy atom. The predicted octanol–water partition coefficient (Wildman–Crippen LogP) is 3.59. The van der Waals surface area contributed by atoms with Crippen LogP contribution in [0.15, 0.2) is 53.8 Å². The van der Waals surface area contributed by atoms with Crippen LogP contribution in [0.25, 0.3) is 10.9 Å². The number of rotatable bonds is 10. The lowest BCUT2D eigenvalue weighted by molar-refractivity contribution is -0.384. The van der Waals surface area contributed by atoms with Gasteiger partial charge in [-0.2, -0.15) is 5.10 Å². The number of alkyl carbamates (subject to hydrolysis) is 1. The maximum atomic E-state index is 13.0. The number of nitro benzene ring substituents is 1. The minimum Gasteiger partial charge on any atom is -0.449 e. The molecule has 0 radical (unpaired) electrons. The molecule has 1 aromatic heterocycles. The first-order chi connectivity index (χ1) is 17.2. The van der Waals surface area contributed by atoms with Crippen LogP contribution in [0, 0.1) is 16.0 Å². The highest BCUT2D eigenvalue weighted by Gasteiger charge is 2.23. The van der Waals surface area contributed by atoms with Crippen molar-refractivity contribution >= 4 is 40.5 Å². The fraction of sp³-hybridized carbons (Fsp3) is 0.320. The van der Waals surface area contributed by atoms with Gasteiger partial charge >= 0.3 is 6.09 Å². The summed E-state index contributed by atoms with van der Waals surface area (Å²) in [5.41, 5.74) is 4.97. The molecule has 3 N–H and O–H groups in total. The number of benzene rings is 2. The van der Waals surface area contributed by atoms with Gasteiger partial charge in [0.05, 0.1) is 17.7 Å². The molecule has 0 saturated carbocycles. The van der Waals surface area contributed by atoms with E-state index in [0.29, 0.717) is 11.3 Å². The molecule has 11 nitrogen and oxygen atoms in total. The highest BCUT2D eigenvalue weighted by Crippen LogP contribution is 2.27. The number of amides is 2. The predicted molar refractivity (Wildman–Crippen MR) is 138 cm³/mol. The molecule has 11 heteroatoms. The van der Waals surface area contributed by atoms with Crippen molar-refractivity contribution in [3.8, 4) is 0 Å². The summed E-state index contributed by atoms with van der Waals surface area (Å²) in [6, 6.07) is 11.3. The first kappa shape index (κ1) is 26.2. The van der Waals surface area contributed by atoms with Gasteiger partial charge in [-0.1, -0.05) is 38.1 Å². The molecule has 0 aliphatic rings. The number of H-pyrrole nitrogens is 1. The molecule has 3 aromatic rings. The SMILES string of the molecule is CC(C)COC(=O)N[C@H](Cc1c[nH]c2ccccc12)C(=O)N/N=C\c1ccc(N(C)C)c([N+](=O)[O-])c1. The van der Waals surface area contributed by atoms with Crippen molar-refractivity contribution in [1.82, 2.24) is 15.7 Å². The topological polar surface area (TPSA) is 142 Å². The Labute approximate surface area is 208 Å². The van der Waals surface area contributed by atoms with E-state index in [1.807, 2.05) is 38.1 Å². The molecule has 3 rings (SSSR count). The van der Waals surface area contributed by atoms with Gasteiger partial charge in [0.25, 0.3) is 11.6 Å². The number of nitrogens with zero attached hydrogens (tertiary/aromatic N) is 3. The third-order valence-corrected chi connectivity index (χ3v) is 5.32. The highest BCUT2D eigenvalue weighted by atomic mass is 16.6. The summed E-state index contributed by atoms with van der Waals surface area (Å²) in [5, 5.41) is 18.9. The van der Waals surface area contributed by atoms with Crippen molar-refractivity contribution in [2.45, 2.75) is 26.3 Å². The molecular formula is C25H30N6O5. The van der Waals surface area contributed by atoms with E-state index in [-0.39, 0.29) is 24.6 Å². The van der Waals surface area contributed by atoms with Crippen LogP contribution in [0.3, 0.4) is 0 Å². The van der Waals surface area contributed by atoms with Crippen molar-refractivity contribution in [3.63, 3.8) is 0 Å². The highest BCUT2D eigenvalue weighted by molar-refractivity contribution is 5.89. The van der Waals surface area contributed by atoms with Crippen molar-refractivity contribution in [1.29, 1.82) is 0 Å². The molecule has 0 bridgehead atoms. The Morgan fingerprint density at radius 1 is 1.22 bits per heavy atom. The lowest BCUT2D eigenvalue weighted by atomic mass is 10.0. The largest absolute Gasteiger partial charge is 0.449 e. The van der Waals surface area contributed by atoms with Crippen LogP contribution in [0.5, 0.6) is 0 Å². The van der Waals surface area contributed by atoms with Gasteiger partial charge in [0, 0.05) is 49.2 Å². The van der Waals surface area contributed by atoms with E-state index in [1.165, 1.54) is 12.3 Å². The third kappa shape index (κ3) is 6.81. The normalized spacial score (nSPS) is 12.0. The molecule has 0 aliphatic carbocycles. The number of nitro groups is 1. The van der Waals surface area contributed by atoms with E-state index in [1.54, 1.807) is 37.3 Å². The van der Waals surface area contributed by atoms with E-state index in [2.05, 4.69) is 20.8 Å². The van der Waals surface area contributed by atoms with Crippen LogP contribution in [0.1, 0.15) is 25.0 Å². The summed E-state index contributed by atoms with van der Waals surface area (Å²) in [5.74, 6) is -0.415. The molecule has 0 spiro atoms. The minimum atomic E-state index is -0.966. The summed E-state index contributed by atoms with van der Waals surface area (Å²) in [6.45, 7) is 4.04. The number of hydrogen-bond donors (Lipinski definition) is 3. The first-order valence-corrected chi connectivity index (χ1v) is 11.4. The smallest absolute Gasteiger partial charge is 0.407 e. The zero-order valence-electron chi connectivity index (χ0n) is 20.6. The molecule has 0 fully saturated rings. The Kier molecular flexibility index (Phi) is 8.61. The molecule has 0 unspecified atom stereocenters. The second kappa shape index (κ2) is 11.8. The maximum Gasteiger partial charge on any atom is 0.407 e. The number of ether oxygens (including phenoxy) is 1. The Bertz CT molecular complexity index is 1270. The van der Waals surface area contributed by atoms with Crippen molar-refractivity contribution < 1.29 is 19.2 Å². The summed E-state index contributed by atoms with van der Waals surface area (Å²) in [7, 11) is 3.42. The van der Waals surface area contributed by atoms with Gasteiger partial charge < -0.3 is 19.9 Å². The number of carbonyl (C=O) groups excluding carboxylic acids is 2. The number of fused-ring (bicyclic) bond motifs is 1. The van der Waals surface area contributed by atoms with Gasteiger partial charge in [0.2, 0.25) is 0 Å². The zero-order chi connectivity index (χ0) is 26.2. The van der Waals surface area contributed by atoms with E-state index in [0.717, 1.165) is 16.5 Å².